The van der Waals surface area contributed by atoms with Crippen molar-refractivity contribution < 1.29 is 9.47 Å². The summed E-state index contributed by atoms with van der Waals surface area (Å²) < 4.78 is 11.6. The maximum atomic E-state index is 6.28. The third-order valence-corrected chi connectivity index (χ3v) is 4.38. The smallest absolute Gasteiger partial charge is 0.128 e. The van der Waals surface area contributed by atoms with Gasteiger partial charge in [0.25, 0.3) is 0 Å². The highest BCUT2D eigenvalue weighted by atomic mass is 16.5. The number of ether oxygens (including phenoxy) is 2. The van der Waals surface area contributed by atoms with Gasteiger partial charge in [-0.05, 0) is 51.6 Å². The molecule has 1 unspecified atom stereocenters. The molecule has 3 heteroatoms. The van der Waals surface area contributed by atoms with E-state index in [0.29, 0.717) is 6.10 Å². The van der Waals surface area contributed by atoms with Gasteiger partial charge < -0.3 is 14.8 Å². The average molecular weight is 277 g/mol. The fraction of sp³-hybridized carbons (Fsp3) is 0.647. The molecule has 0 aliphatic heterocycles. The highest BCUT2D eigenvalue weighted by Gasteiger charge is 2.21. The third kappa shape index (κ3) is 3.66. The van der Waals surface area contributed by atoms with Gasteiger partial charge in [0.05, 0.1) is 13.2 Å². The first-order valence-electron chi connectivity index (χ1n) is 7.66. The highest BCUT2D eigenvalue weighted by Crippen LogP contribution is 2.33. The summed E-state index contributed by atoms with van der Waals surface area (Å²) in [4.78, 5) is 0. The van der Waals surface area contributed by atoms with Crippen molar-refractivity contribution in [3.63, 3.8) is 0 Å². The van der Waals surface area contributed by atoms with Crippen molar-refractivity contribution in [3.8, 4) is 11.5 Å². The molecular weight excluding hydrogens is 250 g/mol. The van der Waals surface area contributed by atoms with Gasteiger partial charge in [-0.3, -0.25) is 0 Å². The largest absolute Gasteiger partial charge is 0.497 e. The van der Waals surface area contributed by atoms with E-state index in [1.807, 2.05) is 19.2 Å². The van der Waals surface area contributed by atoms with Gasteiger partial charge in [-0.15, -0.1) is 0 Å². The van der Waals surface area contributed by atoms with Gasteiger partial charge in [-0.2, -0.15) is 0 Å². The maximum Gasteiger partial charge on any atom is 0.128 e. The van der Waals surface area contributed by atoms with Crippen LogP contribution in [0, 0.1) is 5.92 Å². The van der Waals surface area contributed by atoms with Gasteiger partial charge in [-0.1, -0.05) is 13.0 Å². The molecule has 0 spiro atoms. The molecule has 0 radical (unpaired) electrons. The summed E-state index contributed by atoms with van der Waals surface area (Å²) in [5.41, 5.74) is 1.20. The van der Waals surface area contributed by atoms with E-state index in [9.17, 15) is 0 Å². The Hall–Kier alpha value is -1.22. The second-order valence-corrected chi connectivity index (χ2v) is 5.91. The lowest BCUT2D eigenvalue weighted by molar-refractivity contribution is 0.133. The molecule has 20 heavy (non-hydrogen) atoms. The standard InChI is InChI=1S/C17H27NO2/c1-12-5-7-14(8-6-12)20-17-11-15(19-4)9-10-16(17)13(2)18-3/h9-14,18H,5-8H2,1-4H3. The minimum atomic E-state index is 0.276. The highest BCUT2D eigenvalue weighted by molar-refractivity contribution is 5.42. The maximum absolute atomic E-state index is 6.28. The predicted molar refractivity (Wildman–Crippen MR) is 82.5 cm³/mol. The van der Waals surface area contributed by atoms with Crippen LogP contribution in [-0.2, 0) is 0 Å². The van der Waals surface area contributed by atoms with Crippen LogP contribution in [0.2, 0.25) is 0 Å². The molecule has 0 amide bonds. The van der Waals surface area contributed by atoms with E-state index in [4.69, 9.17) is 9.47 Å². The van der Waals surface area contributed by atoms with E-state index in [1.165, 1.54) is 18.4 Å². The molecule has 112 valence electrons. The zero-order valence-corrected chi connectivity index (χ0v) is 13.1. The molecule has 1 aliphatic rings. The predicted octanol–water partition coefficient (Wildman–Crippen LogP) is 3.93. The summed E-state index contributed by atoms with van der Waals surface area (Å²) in [6.45, 7) is 4.48. The number of methoxy groups -OCH3 is 1. The van der Waals surface area contributed by atoms with E-state index in [2.05, 4.69) is 25.2 Å². The fourth-order valence-corrected chi connectivity index (χ4v) is 2.78. The van der Waals surface area contributed by atoms with Crippen LogP contribution < -0.4 is 14.8 Å². The Kier molecular flexibility index (Phi) is 5.30. The van der Waals surface area contributed by atoms with Crippen LogP contribution in [0.25, 0.3) is 0 Å². The van der Waals surface area contributed by atoms with Crippen LogP contribution in [0.4, 0.5) is 0 Å². The summed E-state index contributed by atoms with van der Waals surface area (Å²) in [5.74, 6) is 2.66. The zero-order valence-electron chi connectivity index (χ0n) is 13.1. The minimum absolute atomic E-state index is 0.276. The topological polar surface area (TPSA) is 30.5 Å². The molecule has 0 aromatic heterocycles. The molecule has 0 heterocycles. The van der Waals surface area contributed by atoms with E-state index >= 15 is 0 Å². The van der Waals surface area contributed by atoms with Crippen molar-refractivity contribution in [2.45, 2.75) is 51.7 Å². The molecule has 1 aliphatic carbocycles. The monoisotopic (exact) mass is 277 g/mol. The molecule has 1 aromatic carbocycles. The molecule has 3 nitrogen and oxygen atoms in total. The Morgan fingerprint density at radius 1 is 1.20 bits per heavy atom. The number of hydrogen-bond donors (Lipinski definition) is 1. The quantitative estimate of drug-likeness (QED) is 0.884. The number of hydrogen-bond acceptors (Lipinski definition) is 3. The van der Waals surface area contributed by atoms with Gasteiger partial charge in [0.15, 0.2) is 0 Å². The third-order valence-electron chi connectivity index (χ3n) is 4.38. The summed E-state index contributed by atoms with van der Waals surface area (Å²) in [5, 5.41) is 3.28. The minimum Gasteiger partial charge on any atom is -0.497 e. The Morgan fingerprint density at radius 3 is 2.50 bits per heavy atom. The average Bonchev–Trinajstić information content (AvgIpc) is 2.48. The van der Waals surface area contributed by atoms with Crippen molar-refractivity contribution in [1.82, 2.24) is 5.32 Å². The first-order chi connectivity index (χ1) is 9.63. The Balaban J connectivity index is 2.15. The normalized spacial score (nSPS) is 24.2. The lowest BCUT2D eigenvalue weighted by Crippen LogP contribution is -2.24. The van der Waals surface area contributed by atoms with Gasteiger partial charge in [0.2, 0.25) is 0 Å². The van der Waals surface area contributed by atoms with E-state index < -0.39 is 0 Å². The molecule has 0 bridgehead atoms. The summed E-state index contributed by atoms with van der Waals surface area (Å²) in [6.07, 6.45) is 5.20. The van der Waals surface area contributed by atoms with Crippen molar-refractivity contribution in [1.29, 1.82) is 0 Å². The number of nitrogens with one attached hydrogen (secondary N) is 1. The Bertz CT molecular complexity index is 425. The van der Waals surface area contributed by atoms with Gasteiger partial charge in [-0.25, -0.2) is 0 Å². The first-order valence-corrected chi connectivity index (χ1v) is 7.66. The van der Waals surface area contributed by atoms with E-state index in [0.717, 1.165) is 30.3 Å². The van der Waals surface area contributed by atoms with Crippen LogP contribution in [0.15, 0.2) is 18.2 Å². The lowest BCUT2D eigenvalue weighted by Gasteiger charge is -2.28. The second kappa shape index (κ2) is 6.98. The second-order valence-electron chi connectivity index (χ2n) is 5.91. The molecule has 1 saturated carbocycles. The van der Waals surface area contributed by atoms with Gasteiger partial charge in [0, 0.05) is 17.7 Å². The molecule has 1 N–H and O–H groups in total. The SMILES string of the molecule is CNC(C)c1ccc(OC)cc1OC1CCC(C)CC1. The van der Waals surface area contributed by atoms with Crippen molar-refractivity contribution in [3.05, 3.63) is 23.8 Å². The van der Waals surface area contributed by atoms with Gasteiger partial charge in [0.1, 0.15) is 11.5 Å². The summed E-state index contributed by atoms with van der Waals surface area (Å²) >= 11 is 0. The Labute approximate surface area is 122 Å². The fourth-order valence-electron chi connectivity index (χ4n) is 2.78. The Morgan fingerprint density at radius 2 is 1.90 bits per heavy atom. The van der Waals surface area contributed by atoms with Crippen LogP contribution in [0.5, 0.6) is 11.5 Å². The van der Waals surface area contributed by atoms with Crippen molar-refractivity contribution in [2.24, 2.45) is 5.92 Å². The summed E-state index contributed by atoms with van der Waals surface area (Å²) in [6, 6.07) is 6.39. The number of rotatable bonds is 5. The lowest BCUT2D eigenvalue weighted by atomic mass is 9.89. The molecule has 1 atom stereocenters. The first kappa shape index (κ1) is 15.2. The van der Waals surface area contributed by atoms with Crippen LogP contribution >= 0.6 is 0 Å². The van der Waals surface area contributed by atoms with E-state index in [1.54, 1.807) is 7.11 Å². The van der Waals surface area contributed by atoms with Crippen LogP contribution in [0.3, 0.4) is 0 Å². The zero-order chi connectivity index (χ0) is 14.5. The summed E-state index contributed by atoms with van der Waals surface area (Å²) in [7, 11) is 3.67. The van der Waals surface area contributed by atoms with Crippen LogP contribution in [0.1, 0.15) is 51.1 Å². The van der Waals surface area contributed by atoms with Gasteiger partial charge >= 0.3 is 0 Å². The molecule has 1 fully saturated rings. The number of benzene rings is 1. The van der Waals surface area contributed by atoms with Crippen molar-refractivity contribution in [2.75, 3.05) is 14.2 Å². The molecule has 2 rings (SSSR count). The molecule has 0 saturated heterocycles. The van der Waals surface area contributed by atoms with Crippen molar-refractivity contribution >= 4 is 0 Å². The molecular formula is C17H27NO2. The molecule has 1 aromatic rings. The van der Waals surface area contributed by atoms with Crippen LogP contribution in [-0.4, -0.2) is 20.3 Å². The van der Waals surface area contributed by atoms with E-state index in [-0.39, 0.29) is 6.04 Å².